The van der Waals surface area contributed by atoms with Crippen LogP contribution in [0.5, 0.6) is 5.75 Å². The molecule has 0 aliphatic heterocycles. The summed E-state index contributed by atoms with van der Waals surface area (Å²) >= 11 is 5.94. The van der Waals surface area contributed by atoms with Gasteiger partial charge in [-0.15, -0.1) is 0 Å². The maximum Gasteiger partial charge on any atom is 0.118 e. The van der Waals surface area contributed by atoms with Gasteiger partial charge >= 0.3 is 0 Å². The van der Waals surface area contributed by atoms with Gasteiger partial charge in [0.25, 0.3) is 0 Å². The summed E-state index contributed by atoms with van der Waals surface area (Å²) in [6.45, 7) is 0. The molecule has 0 amide bonds. The van der Waals surface area contributed by atoms with Crippen LogP contribution in [0.2, 0.25) is 5.02 Å². The lowest BCUT2D eigenvalue weighted by molar-refractivity contribution is 0.414. The minimum Gasteiger partial charge on any atom is -0.497 e. The van der Waals surface area contributed by atoms with Gasteiger partial charge in [-0.05, 0) is 42.3 Å². The Morgan fingerprint density at radius 1 is 1.20 bits per heavy atom. The molecule has 0 saturated heterocycles. The lowest BCUT2D eigenvalue weighted by Gasteiger charge is -2.06. The fourth-order valence-electron chi connectivity index (χ4n) is 1.77. The third-order valence-electron chi connectivity index (χ3n) is 2.97. The standard InChI is InChI=1S/C15H16ClNO2S/c1-19-12-4-2-11(3-5-12)8-9-20(18)13-6-7-15(17)14(16)10-13/h2-7,10H,8-9,17H2,1H3. The minimum atomic E-state index is -1.08. The zero-order valence-corrected chi connectivity index (χ0v) is 12.7. The van der Waals surface area contributed by atoms with Crippen molar-refractivity contribution >= 4 is 28.1 Å². The summed E-state index contributed by atoms with van der Waals surface area (Å²) < 4.78 is 17.3. The first-order valence-electron chi connectivity index (χ1n) is 6.16. The lowest BCUT2D eigenvalue weighted by atomic mass is 10.2. The van der Waals surface area contributed by atoms with Gasteiger partial charge in [-0.3, -0.25) is 4.21 Å². The van der Waals surface area contributed by atoms with Gasteiger partial charge in [0.05, 0.1) is 28.6 Å². The van der Waals surface area contributed by atoms with E-state index in [1.807, 2.05) is 24.3 Å². The van der Waals surface area contributed by atoms with Crippen LogP contribution in [-0.4, -0.2) is 17.1 Å². The quantitative estimate of drug-likeness (QED) is 0.862. The molecule has 0 heterocycles. The van der Waals surface area contributed by atoms with Crippen LogP contribution in [0, 0.1) is 0 Å². The average Bonchev–Trinajstić information content (AvgIpc) is 2.48. The largest absolute Gasteiger partial charge is 0.497 e. The predicted octanol–water partition coefficient (Wildman–Crippen LogP) is 3.28. The van der Waals surface area contributed by atoms with Crippen LogP contribution < -0.4 is 10.5 Å². The van der Waals surface area contributed by atoms with Crippen LogP contribution in [0.15, 0.2) is 47.4 Å². The second-order valence-corrected chi connectivity index (χ2v) is 6.31. The topological polar surface area (TPSA) is 52.3 Å². The van der Waals surface area contributed by atoms with Crippen LogP contribution in [0.25, 0.3) is 0 Å². The summed E-state index contributed by atoms with van der Waals surface area (Å²) in [5, 5.41) is 0.445. The van der Waals surface area contributed by atoms with E-state index in [-0.39, 0.29) is 0 Å². The third-order valence-corrected chi connectivity index (χ3v) is 4.65. The van der Waals surface area contributed by atoms with Crippen molar-refractivity contribution in [3.05, 3.63) is 53.1 Å². The van der Waals surface area contributed by atoms with E-state index >= 15 is 0 Å². The van der Waals surface area contributed by atoms with Crippen molar-refractivity contribution < 1.29 is 8.95 Å². The Kier molecular flexibility index (Phi) is 5.04. The van der Waals surface area contributed by atoms with Gasteiger partial charge in [0, 0.05) is 10.6 Å². The molecule has 2 aromatic carbocycles. The highest BCUT2D eigenvalue weighted by Crippen LogP contribution is 2.22. The van der Waals surface area contributed by atoms with Crippen molar-refractivity contribution in [1.29, 1.82) is 0 Å². The van der Waals surface area contributed by atoms with E-state index in [0.717, 1.165) is 17.7 Å². The zero-order chi connectivity index (χ0) is 14.5. The number of anilines is 1. The predicted molar refractivity (Wildman–Crippen MR) is 83.8 cm³/mol. The highest BCUT2D eigenvalue weighted by molar-refractivity contribution is 7.85. The van der Waals surface area contributed by atoms with Crippen LogP contribution in [0.1, 0.15) is 5.56 Å². The fourth-order valence-corrected chi connectivity index (χ4v) is 3.14. The number of nitrogens with two attached hydrogens (primary N) is 1. The SMILES string of the molecule is COc1ccc(CCS(=O)c2ccc(N)c(Cl)c2)cc1. The highest BCUT2D eigenvalue weighted by Gasteiger charge is 2.07. The third kappa shape index (κ3) is 3.74. The molecule has 1 atom stereocenters. The first kappa shape index (κ1) is 14.9. The number of ether oxygens (including phenoxy) is 1. The van der Waals surface area contributed by atoms with E-state index in [2.05, 4.69) is 0 Å². The zero-order valence-electron chi connectivity index (χ0n) is 11.1. The van der Waals surface area contributed by atoms with Crippen LogP contribution >= 0.6 is 11.6 Å². The summed E-state index contributed by atoms with van der Waals surface area (Å²) in [7, 11) is 0.553. The number of methoxy groups -OCH3 is 1. The number of benzene rings is 2. The van der Waals surface area contributed by atoms with Crippen molar-refractivity contribution in [2.24, 2.45) is 0 Å². The average molecular weight is 310 g/mol. The van der Waals surface area contributed by atoms with Gasteiger partial charge in [-0.1, -0.05) is 23.7 Å². The molecule has 20 heavy (non-hydrogen) atoms. The number of nitrogen functional groups attached to an aromatic ring is 1. The Morgan fingerprint density at radius 2 is 1.90 bits per heavy atom. The summed E-state index contributed by atoms with van der Waals surface area (Å²) in [6.07, 6.45) is 0.735. The number of hydrogen-bond acceptors (Lipinski definition) is 3. The Morgan fingerprint density at radius 3 is 2.50 bits per heavy atom. The number of hydrogen-bond donors (Lipinski definition) is 1. The molecule has 0 radical (unpaired) electrons. The minimum absolute atomic E-state index is 0.445. The smallest absolute Gasteiger partial charge is 0.118 e. The van der Waals surface area contributed by atoms with E-state index in [0.29, 0.717) is 21.4 Å². The van der Waals surface area contributed by atoms with Crippen LogP contribution in [0.4, 0.5) is 5.69 Å². The first-order chi connectivity index (χ1) is 9.60. The van der Waals surface area contributed by atoms with E-state index in [4.69, 9.17) is 22.1 Å². The summed E-state index contributed by atoms with van der Waals surface area (Å²) in [5.41, 5.74) is 7.27. The normalized spacial score (nSPS) is 12.1. The van der Waals surface area contributed by atoms with Crippen molar-refractivity contribution in [2.75, 3.05) is 18.6 Å². The summed E-state index contributed by atoms with van der Waals surface area (Å²) in [5.74, 6) is 1.37. The molecule has 2 aromatic rings. The summed E-state index contributed by atoms with van der Waals surface area (Å²) in [6, 6.07) is 12.9. The molecule has 0 aliphatic rings. The molecule has 5 heteroatoms. The molecule has 2 rings (SSSR count). The van der Waals surface area contributed by atoms with Crippen LogP contribution in [0.3, 0.4) is 0 Å². The van der Waals surface area contributed by atoms with Gasteiger partial charge < -0.3 is 10.5 Å². The molecule has 1 unspecified atom stereocenters. The maximum atomic E-state index is 12.2. The van der Waals surface area contributed by atoms with Gasteiger partial charge in [0.2, 0.25) is 0 Å². The fraction of sp³-hybridized carbons (Fsp3) is 0.200. The second-order valence-electron chi connectivity index (χ2n) is 4.33. The molecular formula is C15H16ClNO2S. The first-order valence-corrected chi connectivity index (χ1v) is 7.86. The molecule has 0 saturated carbocycles. The Labute approximate surface area is 126 Å². The van der Waals surface area contributed by atoms with E-state index < -0.39 is 10.8 Å². The molecule has 0 aromatic heterocycles. The molecule has 0 fully saturated rings. The Bertz CT molecular complexity index is 614. The molecule has 0 bridgehead atoms. The van der Waals surface area contributed by atoms with Gasteiger partial charge in [0.1, 0.15) is 5.75 Å². The molecular weight excluding hydrogens is 294 g/mol. The Balaban J connectivity index is 1.98. The molecule has 3 nitrogen and oxygen atoms in total. The van der Waals surface area contributed by atoms with Gasteiger partial charge in [-0.25, -0.2) is 0 Å². The monoisotopic (exact) mass is 309 g/mol. The van der Waals surface area contributed by atoms with Gasteiger partial charge in [-0.2, -0.15) is 0 Å². The molecule has 106 valence electrons. The second kappa shape index (κ2) is 6.77. The number of halogens is 1. The van der Waals surface area contributed by atoms with Crippen molar-refractivity contribution in [3.63, 3.8) is 0 Å². The maximum absolute atomic E-state index is 12.2. The molecule has 0 spiro atoms. The van der Waals surface area contributed by atoms with E-state index in [9.17, 15) is 4.21 Å². The lowest BCUT2D eigenvalue weighted by Crippen LogP contribution is -2.02. The van der Waals surface area contributed by atoms with E-state index in [1.54, 1.807) is 25.3 Å². The molecule has 0 aliphatic carbocycles. The Hall–Kier alpha value is -1.52. The van der Waals surface area contributed by atoms with Crippen molar-refractivity contribution in [2.45, 2.75) is 11.3 Å². The van der Waals surface area contributed by atoms with Crippen molar-refractivity contribution in [1.82, 2.24) is 0 Å². The molecule has 2 N–H and O–H groups in total. The highest BCUT2D eigenvalue weighted by atomic mass is 35.5. The summed E-state index contributed by atoms with van der Waals surface area (Å²) in [4.78, 5) is 0.706. The van der Waals surface area contributed by atoms with Crippen LogP contribution in [-0.2, 0) is 17.2 Å². The number of aryl methyl sites for hydroxylation is 1. The van der Waals surface area contributed by atoms with E-state index in [1.165, 1.54) is 0 Å². The number of rotatable bonds is 5. The van der Waals surface area contributed by atoms with Gasteiger partial charge in [0.15, 0.2) is 0 Å². The van der Waals surface area contributed by atoms with Crippen molar-refractivity contribution in [3.8, 4) is 5.75 Å².